The largest absolute Gasteiger partial charge is 0.462 e. The van der Waals surface area contributed by atoms with Crippen molar-refractivity contribution in [2.75, 3.05) is 36.8 Å². The van der Waals surface area contributed by atoms with Gasteiger partial charge < -0.3 is 14.2 Å². The summed E-state index contributed by atoms with van der Waals surface area (Å²) in [6, 6.07) is 12.3. The summed E-state index contributed by atoms with van der Waals surface area (Å²) in [6.45, 7) is 7.17. The van der Waals surface area contributed by atoms with Gasteiger partial charge in [0.15, 0.2) is 0 Å². The van der Waals surface area contributed by atoms with Gasteiger partial charge in [0.05, 0.1) is 5.75 Å². The molecule has 1 saturated heterocycles. The van der Waals surface area contributed by atoms with Gasteiger partial charge in [-0.25, -0.2) is 4.98 Å². The molecule has 3 aromatic rings. The van der Waals surface area contributed by atoms with E-state index in [9.17, 15) is 4.79 Å². The van der Waals surface area contributed by atoms with E-state index in [0.29, 0.717) is 16.7 Å². The summed E-state index contributed by atoms with van der Waals surface area (Å²) in [6.07, 6.45) is 3.64. The molecule has 1 fully saturated rings. The van der Waals surface area contributed by atoms with Gasteiger partial charge in [0, 0.05) is 31.9 Å². The van der Waals surface area contributed by atoms with Gasteiger partial charge in [-0.05, 0) is 55.8 Å². The van der Waals surface area contributed by atoms with Gasteiger partial charge in [0.25, 0.3) is 0 Å². The Morgan fingerprint density at radius 1 is 1.17 bits per heavy atom. The van der Waals surface area contributed by atoms with Gasteiger partial charge in [-0.15, -0.1) is 5.10 Å². The van der Waals surface area contributed by atoms with Crippen molar-refractivity contribution in [3.8, 4) is 0 Å². The molecule has 0 bridgehead atoms. The second-order valence-electron chi connectivity index (χ2n) is 7.28. The molecular weight excluding hydrogens is 398 g/mol. The molecule has 156 valence electrons. The molecule has 0 spiro atoms. The van der Waals surface area contributed by atoms with E-state index in [1.165, 1.54) is 23.0 Å². The Hall–Kier alpha value is -3.00. The molecule has 1 aromatic carbocycles. The molecule has 0 radical (unpaired) electrons. The number of thioether (sulfide) groups is 1. The first-order chi connectivity index (χ1) is 14.6. The Morgan fingerprint density at radius 3 is 2.73 bits per heavy atom. The van der Waals surface area contributed by atoms with Crippen molar-refractivity contribution >= 4 is 35.5 Å². The Labute approximate surface area is 180 Å². The number of aryl methyl sites for hydroxylation is 2. The molecular formula is C22H25N5O2S. The predicted molar refractivity (Wildman–Crippen MR) is 119 cm³/mol. The van der Waals surface area contributed by atoms with Crippen molar-refractivity contribution < 1.29 is 9.21 Å². The lowest BCUT2D eigenvalue weighted by Gasteiger charge is -2.36. The van der Waals surface area contributed by atoms with E-state index in [1.807, 2.05) is 36.1 Å². The van der Waals surface area contributed by atoms with Crippen LogP contribution in [0.2, 0.25) is 0 Å². The summed E-state index contributed by atoms with van der Waals surface area (Å²) >= 11 is 1.35. The number of rotatable bonds is 6. The maximum atomic E-state index is 12.6. The molecule has 0 unspecified atom stereocenters. The lowest BCUT2D eigenvalue weighted by molar-refractivity contribution is -0.128. The molecule has 3 heterocycles. The number of hydrogen-bond acceptors (Lipinski definition) is 6. The number of amides is 1. The van der Waals surface area contributed by atoms with Crippen molar-refractivity contribution in [1.29, 1.82) is 0 Å². The third kappa shape index (κ3) is 5.13. The van der Waals surface area contributed by atoms with Crippen LogP contribution in [-0.2, 0) is 4.79 Å². The van der Waals surface area contributed by atoms with Gasteiger partial charge in [0.1, 0.15) is 17.3 Å². The van der Waals surface area contributed by atoms with E-state index < -0.39 is 0 Å². The van der Waals surface area contributed by atoms with E-state index >= 15 is 0 Å². The van der Waals surface area contributed by atoms with Crippen LogP contribution in [0.25, 0.3) is 12.2 Å². The minimum Gasteiger partial charge on any atom is -0.462 e. The Morgan fingerprint density at radius 2 is 2.00 bits per heavy atom. The molecule has 1 amide bonds. The Balaban J connectivity index is 1.24. The second kappa shape index (κ2) is 9.21. The third-order valence-electron chi connectivity index (χ3n) is 4.97. The number of carbonyl (C=O) groups excluding carboxylic acids is 1. The standard InChI is InChI=1S/C22H25N5O2S/c1-16-4-3-5-18(14-16)26-10-12-27(13-11-26)21(28)15-30-22-23-20(24-25-22)9-8-19-7-6-17(2)29-19/h3-9,14H,10-13,15H2,1-2H3,(H,23,24,25)/b9-8+. The number of H-pyrrole nitrogens is 1. The summed E-state index contributed by atoms with van der Waals surface area (Å²) < 4.78 is 5.49. The van der Waals surface area contributed by atoms with E-state index in [2.05, 4.69) is 51.3 Å². The molecule has 8 heteroatoms. The lowest BCUT2D eigenvalue weighted by atomic mass is 10.2. The van der Waals surface area contributed by atoms with Crippen LogP contribution in [0.5, 0.6) is 0 Å². The zero-order valence-corrected chi connectivity index (χ0v) is 18.0. The minimum atomic E-state index is 0.122. The summed E-state index contributed by atoms with van der Waals surface area (Å²) in [7, 11) is 0. The number of carbonyl (C=O) groups is 1. The molecule has 4 rings (SSSR count). The molecule has 1 N–H and O–H groups in total. The van der Waals surface area contributed by atoms with Crippen molar-refractivity contribution in [2.24, 2.45) is 0 Å². The number of aromatic nitrogens is 3. The van der Waals surface area contributed by atoms with E-state index in [1.54, 1.807) is 0 Å². The minimum absolute atomic E-state index is 0.122. The second-order valence-corrected chi connectivity index (χ2v) is 8.22. The fourth-order valence-corrected chi connectivity index (χ4v) is 4.07. The van der Waals surface area contributed by atoms with Crippen LogP contribution in [0.3, 0.4) is 0 Å². The number of anilines is 1. The van der Waals surface area contributed by atoms with Crippen LogP contribution < -0.4 is 4.90 Å². The smallest absolute Gasteiger partial charge is 0.233 e. The fourth-order valence-electron chi connectivity index (χ4n) is 3.36. The number of furan rings is 1. The monoisotopic (exact) mass is 423 g/mol. The van der Waals surface area contributed by atoms with Gasteiger partial charge in [-0.1, -0.05) is 23.9 Å². The summed E-state index contributed by atoms with van der Waals surface area (Å²) in [5.74, 6) is 2.71. The highest BCUT2D eigenvalue weighted by molar-refractivity contribution is 7.99. The number of piperazine rings is 1. The first-order valence-electron chi connectivity index (χ1n) is 9.96. The van der Waals surface area contributed by atoms with Crippen molar-refractivity contribution in [1.82, 2.24) is 20.1 Å². The maximum Gasteiger partial charge on any atom is 0.233 e. The van der Waals surface area contributed by atoms with Crippen LogP contribution in [0.15, 0.2) is 46.0 Å². The average molecular weight is 424 g/mol. The average Bonchev–Trinajstić information content (AvgIpc) is 3.39. The zero-order chi connectivity index (χ0) is 20.9. The van der Waals surface area contributed by atoms with E-state index in [-0.39, 0.29) is 5.91 Å². The van der Waals surface area contributed by atoms with E-state index in [0.717, 1.165) is 37.7 Å². The Kier molecular flexibility index (Phi) is 6.23. The molecule has 1 aliphatic heterocycles. The molecule has 2 aromatic heterocycles. The number of hydrogen-bond donors (Lipinski definition) is 1. The number of aromatic amines is 1. The SMILES string of the molecule is Cc1cccc(N2CCN(C(=O)CSc3n[nH]c(/C=C/c4ccc(C)o4)n3)CC2)c1. The fraction of sp³-hybridized carbons (Fsp3) is 0.318. The summed E-state index contributed by atoms with van der Waals surface area (Å²) in [4.78, 5) is 21.2. The van der Waals surface area contributed by atoms with Crippen LogP contribution in [0.1, 0.15) is 22.9 Å². The van der Waals surface area contributed by atoms with Gasteiger partial charge >= 0.3 is 0 Å². The van der Waals surface area contributed by atoms with Gasteiger partial charge in [0.2, 0.25) is 11.1 Å². The number of nitrogens with zero attached hydrogens (tertiary/aromatic N) is 4. The van der Waals surface area contributed by atoms with E-state index in [4.69, 9.17) is 4.42 Å². The summed E-state index contributed by atoms with van der Waals surface area (Å²) in [5.41, 5.74) is 2.48. The molecule has 0 aliphatic carbocycles. The van der Waals surface area contributed by atoms with Crippen LogP contribution in [-0.4, -0.2) is 57.9 Å². The summed E-state index contributed by atoms with van der Waals surface area (Å²) in [5, 5.41) is 7.62. The highest BCUT2D eigenvalue weighted by atomic mass is 32.2. The van der Waals surface area contributed by atoms with Crippen molar-refractivity contribution in [3.05, 3.63) is 59.3 Å². The molecule has 30 heavy (non-hydrogen) atoms. The number of nitrogens with one attached hydrogen (secondary N) is 1. The quantitative estimate of drug-likeness (QED) is 0.610. The zero-order valence-electron chi connectivity index (χ0n) is 17.2. The first-order valence-corrected chi connectivity index (χ1v) is 10.9. The first kappa shape index (κ1) is 20.3. The normalized spacial score (nSPS) is 14.6. The van der Waals surface area contributed by atoms with Crippen LogP contribution >= 0.6 is 11.8 Å². The predicted octanol–water partition coefficient (Wildman–Crippen LogP) is 3.63. The van der Waals surface area contributed by atoms with Crippen LogP contribution in [0.4, 0.5) is 5.69 Å². The third-order valence-corrected chi connectivity index (χ3v) is 5.80. The molecule has 1 aliphatic rings. The highest BCUT2D eigenvalue weighted by Crippen LogP contribution is 2.19. The van der Waals surface area contributed by atoms with Gasteiger partial charge in [-0.3, -0.25) is 9.89 Å². The lowest BCUT2D eigenvalue weighted by Crippen LogP contribution is -2.49. The maximum absolute atomic E-state index is 12.6. The van der Waals surface area contributed by atoms with Crippen molar-refractivity contribution in [3.63, 3.8) is 0 Å². The van der Waals surface area contributed by atoms with Crippen molar-refractivity contribution in [2.45, 2.75) is 19.0 Å². The molecule has 7 nitrogen and oxygen atoms in total. The highest BCUT2D eigenvalue weighted by Gasteiger charge is 2.21. The number of benzene rings is 1. The van der Waals surface area contributed by atoms with Gasteiger partial charge in [-0.2, -0.15) is 0 Å². The topological polar surface area (TPSA) is 78.3 Å². The molecule has 0 atom stereocenters. The molecule has 0 saturated carbocycles. The van der Waals surface area contributed by atoms with Crippen LogP contribution in [0, 0.1) is 13.8 Å². The Bertz CT molecular complexity index is 1030.